The Kier molecular flexibility index (Phi) is 4.31. The summed E-state index contributed by atoms with van der Waals surface area (Å²) in [7, 11) is -2.66. The lowest BCUT2D eigenvalue weighted by Gasteiger charge is -2.26. The molecule has 5 nitrogen and oxygen atoms in total. The lowest BCUT2D eigenvalue weighted by atomic mass is 9.76. The van der Waals surface area contributed by atoms with Gasteiger partial charge in [-0.05, 0) is 29.7 Å². The molecule has 0 fully saturated rings. The van der Waals surface area contributed by atoms with Gasteiger partial charge in [0, 0.05) is 23.3 Å². The number of benzene rings is 2. The predicted molar refractivity (Wildman–Crippen MR) is 93.8 cm³/mol. The smallest absolute Gasteiger partial charge is 0.318 e. The molecule has 2 atom stereocenters. The Balaban J connectivity index is 2.19. The van der Waals surface area contributed by atoms with E-state index in [2.05, 4.69) is 4.98 Å². The summed E-state index contributed by atoms with van der Waals surface area (Å²) in [6.07, 6.45) is 1.77. The van der Waals surface area contributed by atoms with Gasteiger partial charge in [0.15, 0.2) is 8.03 Å². The van der Waals surface area contributed by atoms with Gasteiger partial charge in [0.05, 0.1) is 0 Å². The quantitative estimate of drug-likeness (QED) is 0.618. The number of carboxylic acids is 1. The summed E-state index contributed by atoms with van der Waals surface area (Å²) in [5.41, 5.74) is 1.52. The van der Waals surface area contributed by atoms with Crippen LogP contribution in [0.15, 0.2) is 54.7 Å². The molecule has 0 radical (unpaired) electrons. The van der Waals surface area contributed by atoms with E-state index in [1.165, 1.54) is 0 Å². The van der Waals surface area contributed by atoms with E-state index in [-0.39, 0.29) is 6.16 Å². The number of carboxylic acid groups (broad SMARTS) is 1. The maximum Gasteiger partial charge on any atom is 0.318 e. The van der Waals surface area contributed by atoms with Crippen LogP contribution in [0.3, 0.4) is 0 Å². The minimum atomic E-state index is -2.66. The molecule has 1 aromatic heterocycles. The molecular weight excluding hydrogens is 325 g/mol. The van der Waals surface area contributed by atoms with Gasteiger partial charge in [0.25, 0.3) is 0 Å². The molecule has 0 spiro atoms. The summed E-state index contributed by atoms with van der Waals surface area (Å²) in [6.45, 7) is 1.66. The van der Waals surface area contributed by atoms with Gasteiger partial charge >= 0.3 is 5.97 Å². The van der Waals surface area contributed by atoms with Gasteiger partial charge in [-0.25, -0.2) is 0 Å². The van der Waals surface area contributed by atoms with Gasteiger partial charge in [0.1, 0.15) is 5.41 Å². The number of H-pyrrole nitrogens is 1. The molecule has 0 saturated carbocycles. The van der Waals surface area contributed by atoms with Crippen LogP contribution in [0.25, 0.3) is 10.9 Å². The molecule has 0 bridgehead atoms. The SMILES string of the molecule is CC(C(=O)O)(c1cccc(C[PH](=O)O)c1)c1c[nH]c2ccccc12. The van der Waals surface area contributed by atoms with Crippen molar-refractivity contribution in [1.29, 1.82) is 0 Å². The fourth-order valence-corrected chi connectivity index (χ4v) is 3.62. The van der Waals surface area contributed by atoms with Crippen molar-refractivity contribution in [1.82, 2.24) is 4.98 Å². The molecule has 2 unspecified atom stereocenters. The zero-order chi connectivity index (χ0) is 17.3. The Hall–Kier alpha value is -2.36. The minimum absolute atomic E-state index is 0.0437. The third-order valence-electron chi connectivity index (χ3n) is 4.42. The lowest BCUT2D eigenvalue weighted by Crippen LogP contribution is -2.33. The van der Waals surface area contributed by atoms with E-state index in [9.17, 15) is 14.5 Å². The van der Waals surface area contributed by atoms with E-state index in [4.69, 9.17) is 4.89 Å². The molecule has 24 heavy (non-hydrogen) atoms. The van der Waals surface area contributed by atoms with Crippen LogP contribution in [0.1, 0.15) is 23.6 Å². The number of rotatable bonds is 5. The average molecular weight is 343 g/mol. The van der Waals surface area contributed by atoms with E-state index in [1.807, 2.05) is 24.3 Å². The number of aliphatic carboxylic acids is 1. The first-order valence-electron chi connectivity index (χ1n) is 7.54. The maximum atomic E-state index is 12.2. The van der Waals surface area contributed by atoms with Crippen molar-refractivity contribution in [3.63, 3.8) is 0 Å². The van der Waals surface area contributed by atoms with E-state index >= 15 is 0 Å². The van der Waals surface area contributed by atoms with Gasteiger partial charge in [-0.15, -0.1) is 0 Å². The molecule has 124 valence electrons. The molecule has 3 aromatic rings. The van der Waals surface area contributed by atoms with Crippen molar-refractivity contribution in [2.75, 3.05) is 0 Å². The number of hydrogen-bond donors (Lipinski definition) is 3. The normalized spacial score (nSPS) is 15.1. The molecule has 6 heteroatoms. The Morgan fingerprint density at radius 3 is 2.67 bits per heavy atom. The third kappa shape index (κ3) is 2.77. The summed E-state index contributed by atoms with van der Waals surface area (Å²) in [4.78, 5) is 24.5. The summed E-state index contributed by atoms with van der Waals surface area (Å²) in [5.74, 6) is -0.971. The lowest BCUT2D eigenvalue weighted by molar-refractivity contribution is -0.141. The van der Waals surface area contributed by atoms with Crippen LogP contribution >= 0.6 is 8.03 Å². The summed E-state index contributed by atoms with van der Waals surface area (Å²) in [5, 5.41) is 10.8. The highest BCUT2D eigenvalue weighted by Gasteiger charge is 2.39. The van der Waals surface area contributed by atoms with Gasteiger partial charge < -0.3 is 15.0 Å². The Morgan fingerprint density at radius 2 is 1.96 bits per heavy atom. The summed E-state index contributed by atoms with van der Waals surface area (Å²) < 4.78 is 11.1. The van der Waals surface area contributed by atoms with Crippen LogP contribution in [0, 0.1) is 0 Å². The number of hydrogen-bond acceptors (Lipinski definition) is 2. The van der Waals surface area contributed by atoms with Crippen LogP contribution < -0.4 is 0 Å². The Labute approximate surface area is 139 Å². The molecule has 0 saturated heterocycles. The van der Waals surface area contributed by atoms with Crippen LogP contribution in [-0.2, 0) is 20.9 Å². The molecule has 0 amide bonds. The van der Waals surface area contributed by atoms with E-state index in [0.29, 0.717) is 16.7 Å². The van der Waals surface area contributed by atoms with E-state index in [0.717, 1.165) is 10.9 Å². The molecular formula is C18H18NO4P. The first-order valence-corrected chi connectivity index (χ1v) is 9.10. The molecule has 0 aliphatic rings. The monoisotopic (exact) mass is 343 g/mol. The largest absolute Gasteiger partial charge is 0.480 e. The highest BCUT2D eigenvalue weighted by Crippen LogP contribution is 2.37. The van der Waals surface area contributed by atoms with Crippen molar-refractivity contribution in [3.05, 3.63) is 71.4 Å². The van der Waals surface area contributed by atoms with Crippen LogP contribution in [0.5, 0.6) is 0 Å². The number of para-hydroxylation sites is 1. The topological polar surface area (TPSA) is 90.4 Å². The second-order valence-corrected chi connectivity index (χ2v) is 7.09. The molecule has 3 rings (SSSR count). The molecule has 1 heterocycles. The average Bonchev–Trinajstić information content (AvgIpc) is 2.98. The van der Waals surface area contributed by atoms with E-state index in [1.54, 1.807) is 37.4 Å². The molecule has 2 aromatic carbocycles. The number of carbonyl (C=O) groups is 1. The van der Waals surface area contributed by atoms with Gasteiger partial charge in [-0.3, -0.25) is 9.36 Å². The highest BCUT2D eigenvalue weighted by molar-refractivity contribution is 7.37. The summed E-state index contributed by atoms with van der Waals surface area (Å²) >= 11 is 0. The second-order valence-electron chi connectivity index (χ2n) is 5.95. The number of fused-ring (bicyclic) bond motifs is 1. The van der Waals surface area contributed by atoms with Crippen molar-refractivity contribution < 1.29 is 19.4 Å². The standard InChI is InChI=1S/C18H18NO4P/c1-18(17(20)21,13-6-4-5-12(9-13)11-24(22)23)15-10-19-16-8-3-2-7-14(15)16/h2-10,19,24H,11H2,1H3,(H,20,21)(H,22,23). The van der Waals surface area contributed by atoms with Crippen LogP contribution in [0.2, 0.25) is 0 Å². The summed E-state index contributed by atoms with van der Waals surface area (Å²) in [6, 6.07) is 14.5. The predicted octanol–water partition coefficient (Wildman–Crippen LogP) is 3.53. The number of aromatic nitrogens is 1. The van der Waals surface area contributed by atoms with Crippen LogP contribution in [-0.4, -0.2) is 21.0 Å². The van der Waals surface area contributed by atoms with E-state index < -0.39 is 19.4 Å². The van der Waals surface area contributed by atoms with Gasteiger partial charge in [0.2, 0.25) is 0 Å². The van der Waals surface area contributed by atoms with Crippen molar-refractivity contribution in [2.24, 2.45) is 0 Å². The molecule has 3 N–H and O–H groups in total. The first kappa shape index (κ1) is 16.5. The zero-order valence-corrected chi connectivity index (χ0v) is 14.1. The Morgan fingerprint density at radius 1 is 1.21 bits per heavy atom. The highest BCUT2D eigenvalue weighted by atomic mass is 31.1. The molecule has 0 aliphatic carbocycles. The van der Waals surface area contributed by atoms with Crippen molar-refractivity contribution >= 4 is 24.9 Å². The van der Waals surface area contributed by atoms with Gasteiger partial charge in [-0.1, -0.05) is 42.5 Å². The fraction of sp³-hybridized carbons (Fsp3) is 0.167. The minimum Gasteiger partial charge on any atom is -0.480 e. The van der Waals surface area contributed by atoms with Crippen molar-refractivity contribution in [2.45, 2.75) is 18.5 Å². The zero-order valence-electron chi connectivity index (χ0n) is 13.1. The first-order chi connectivity index (χ1) is 11.4. The number of nitrogens with one attached hydrogen (secondary N) is 1. The maximum absolute atomic E-state index is 12.2. The van der Waals surface area contributed by atoms with Crippen LogP contribution in [0.4, 0.5) is 0 Å². The fourth-order valence-electron chi connectivity index (χ4n) is 3.05. The van der Waals surface area contributed by atoms with Crippen molar-refractivity contribution in [3.8, 4) is 0 Å². The molecule has 0 aliphatic heterocycles. The van der Waals surface area contributed by atoms with Gasteiger partial charge in [-0.2, -0.15) is 0 Å². The number of aromatic amines is 1. The second kappa shape index (κ2) is 6.27. The third-order valence-corrected chi connectivity index (χ3v) is 5.13. The Bertz CT molecular complexity index is 933.